The third-order valence-electron chi connectivity index (χ3n) is 2.74. The van der Waals surface area contributed by atoms with E-state index in [4.69, 9.17) is 26.3 Å². The second-order valence-corrected chi connectivity index (χ2v) is 4.82. The molecule has 110 valence electrons. The third-order valence-corrected chi connectivity index (χ3v) is 2.96. The van der Waals surface area contributed by atoms with Crippen molar-refractivity contribution in [3.63, 3.8) is 0 Å². The molecule has 0 aliphatic rings. The maximum atomic E-state index is 8.54. The fraction of sp³-hybridized carbons (Fsp3) is 0.533. The van der Waals surface area contributed by atoms with Crippen LogP contribution in [-0.4, -0.2) is 20.3 Å². The summed E-state index contributed by atoms with van der Waals surface area (Å²) >= 11 is 6.09. The van der Waals surface area contributed by atoms with Gasteiger partial charge in [-0.25, -0.2) is 0 Å². The summed E-state index contributed by atoms with van der Waals surface area (Å²) in [5, 5.41) is 12.5. The molecule has 0 radical (unpaired) electrons. The molecule has 0 bridgehead atoms. The zero-order valence-corrected chi connectivity index (χ0v) is 12.8. The Morgan fingerprint density at radius 1 is 1.40 bits per heavy atom. The number of hydrogen-bond acceptors (Lipinski definition) is 4. The molecule has 1 aromatic carbocycles. The van der Waals surface area contributed by atoms with Gasteiger partial charge in [0.05, 0.1) is 19.8 Å². The van der Waals surface area contributed by atoms with Gasteiger partial charge in [-0.2, -0.15) is 5.26 Å². The Labute approximate surface area is 125 Å². The van der Waals surface area contributed by atoms with E-state index in [1.807, 2.05) is 6.07 Å². The number of nitriles is 1. The molecular weight excluding hydrogens is 276 g/mol. The van der Waals surface area contributed by atoms with Crippen molar-refractivity contribution >= 4 is 11.6 Å². The van der Waals surface area contributed by atoms with Gasteiger partial charge in [0.2, 0.25) is 0 Å². The highest BCUT2D eigenvalue weighted by Gasteiger charge is 2.12. The number of nitrogens with zero attached hydrogens (tertiary/aromatic N) is 1. The fourth-order valence-electron chi connectivity index (χ4n) is 1.79. The highest BCUT2D eigenvalue weighted by atomic mass is 35.5. The quantitative estimate of drug-likeness (QED) is 0.708. The van der Waals surface area contributed by atoms with Gasteiger partial charge in [0, 0.05) is 29.6 Å². The summed E-state index contributed by atoms with van der Waals surface area (Å²) < 4.78 is 11.1. The summed E-state index contributed by atoms with van der Waals surface area (Å²) in [6, 6.07) is 5.73. The molecule has 1 N–H and O–H groups in total. The van der Waals surface area contributed by atoms with Crippen molar-refractivity contribution in [2.75, 3.05) is 20.3 Å². The van der Waals surface area contributed by atoms with Gasteiger partial charge in [-0.1, -0.05) is 18.5 Å². The minimum Gasteiger partial charge on any atom is -0.493 e. The Balaban J connectivity index is 2.82. The summed E-state index contributed by atoms with van der Waals surface area (Å²) in [4.78, 5) is 0. The zero-order chi connectivity index (χ0) is 14.8. The van der Waals surface area contributed by atoms with Crippen LogP contribution < -0.4 is 14.8 Å². The molecular formula is C15H21ClN2O2. The van der Waals surface area contributed by atoms with E-state index >= 15 is 0 Å². The Morgan fingerprint density at radius 3 is 2.85 bits per heavy atom. The van der Waals surface area contributed by atoms with Crippen molar-refractivity contribution < 1.29 is 9.47 Å². The van der Waals surface area contributed by atoms with Gasteiger partial charge in [0.15, 0.2) is 11.5 Å². The van der Waals surface area contributed by atoms with Crippen LogP contribution in [0, 0.1) is 11.3 Å². The van der Waals surface area contributed by atoms with Crippen LogP contribution in [0.3, 0.4) is 0 Å². The predicted octanol–water partition coefficient (Wildman–Crippen LogP) is 3.53. The van der Waals surface area contributed by atoms with Crippen LogP contribution in [0.25, 0.3) is 0 Å². The Kier molecular flexibility index (Phi) is 7.86. The Hall–Kier alpha value is -1.44. The lowest BCUT2D eigenvalue weighted by Gasteiger charge is -2.16. The molecule has 0 fully saturated rings. The summed E-state index contributed by atoms with van der Waals surface area (Å²) in [5.74, 6) is 1.33. The van der Waals surface area contributed by atoms with E-state index in [-0.39, 0.29) is 0 Å². The highest BCUT2D eigenvalue weighted by Crippen LogP contribution is 2.34. The smallest absolute Gasteiger partial charge is 0.165 e. The van der Waals surface area contributed by atoms with E-state index in [2.05, 4.69) is 18.3 Å². The van der Waals surface area contributed by atoms with Crippen molar-refractivity contribution in [1.82, 2.24) is 5.32 Å². The number of rotatable bonds is 9. The van der Waals surface area contributed by atoms with Gasteiger partial charge in [-0.15, -0.1) is 0 Å². The number of benzene rings is 1. The van der Waals surface area contributed by atoms with Crippen LogP contribution in [0.4, 0.5) is 0 Å². The van der Waals surface area contributed by atoms with E-state index < -0.39 is 0 Å². The number of hydrogen-bond donors (Lipinski definition) is 1. The lowest BCUT2D eigenvalue weighted by Crippen LogP contribution is -2.15. The van der Waals surface area contributed by atoms with E-state index in [1.54, 1.807) is 13.2 Å². The molecule has 1 rings (SSSR count). The number of halogens is 1. The maximum absolute atomic E-state index is 8.54. The van der Waals surface area contributed by atoms with Gasteiger partial charge >= 0.3 is 0 Å². The van der Waals surface area contributed by atoms with E-state index in [9.17, 15) is 0 Å². The molecule has 1 aromatic rings. The van der Waals surface area contributed by atoms with E-state index in [0.29, 0.717) is 42.5 Å². The molecule has 0 unspecified atom stereocenters. The normalized spacial score (nSPS) is 10.1. The van der Waals surface area contributed by atoms with Gasteiger partial charge < -0.3 is 14.8 Å². The molecule has 0 spiro atoms. The summed E-state index contributed by atoms with van der Waals surface area (Å²) in [5.41, 5.74) is 0.972. The van der Waals surface area contributed by atoms with Crippen LogP contribution >= 0.6 is 11.6 Å². The minimum atomic E-state index is 0.485. The SMILES string of the molecule is CCCNCc1cc(Cl)cc(OC)c1OCCCC#N. The average molecular weight is 297 g/mol. The fourth-order valence-corrected chi connectivity index (χ4v) is 2.03. The van der Waals surface area contributed by atoms with E-state index in [0.717, 1.165) is 18.5 Å². The van der Waals surface area contributed by atoms with Gasteiger partial charge in [-0.05, 0) is 25.5 Å². The molecule has 5 heteroatoms. The molecule has 0 atom stereocenters. The minimum absolute atomic E-state index is 0.485. The molecule has 0 saturated carbocycles. The Bertz CT molecular complexity index is 458. The summed E-state index contributed by atoms with van der Waals surface area (Å²) in [7, 11) is 1.59. The molecule has 0 aliphatic carbocycles. The average Bonchev–Trinajstić information content (AvgIpc) is 2.45. The standard InChI is InChI=1S/C15H21ClN2O2/c1-3-7-18-11-12-9-13(16)10-14(19-2)15(12)20-8-5-4-6-17/h9-10,18H,3-5,7-8,11H2,1-2H3. The molecule has 20 heavy (non-hydrogen) atoms. The topological polar surface area (TPSA) is 54.3 Å². The molecule has 0 aromatic heterocycles. The first-order valence-electron chi connectivity index (χ1n) is 6.79. The molecule has 0 aliphatic heterocycles. The zero-order valence-electron chi connectivity index (χ0n) is 12.0. The second kappa shape index (κ2) is 9.46. The van der Waals surface area contributed by atoms with Gasteiger partial charge in [-0.3, -0.25) is 0 Å². The monoisotopic (exact) mass is 296 g/mol. The van der Waals surface area contributed by atoms with Gasteiger partial charge in [0.25, 0.3) is 0 Å². The number of ether oxygens (including phenoxy) is 2. The first-order valence-corrected chi connectivity index (χ1v) is 7.17. The molecule has 0 heterocycles. The van der Waals surface area contributed by atoms with Crippen LogP contribution in [0.2, 0.25) is 5.02 Å². The first kappa shape index (κ1) is 16.6. The number of unbranched alkanes of at least 4 members (excludes halogenated alkanes) is 1. The molecule has 0 saturated heterocycles. The maximum Gasteiger partial charge on any atom is 0.165 e. The second-order valence-electron chi connectivity index (χ2n) is 4.38. The first-order chi connectivity index (χ1) is 9.72. The predicted molar refractivity (Wildman–Crippen MR) is 80.3 cm³/mol. The van der Waals surface area contributed by atoms with Crippen molar-refractivity contribution in [3.05, 3.63) is 22.7 Å². The van der Waals surface area contributed by atoms with Crippen molar-refractivity contribution in [2.24, 2.45) is 0 Å². The largest absolute Gasteiger partial charge is 0.493 e. The van der Waals surface area contributed by atoms with Crippen LogP contribution in [0.1, 0.15) is 31.7 Å². The van der Waals surface area contributed by atoms with Crippen LogP contribution in [0.5, 0.6) is 11.5 Å². The van der Waals surface area contributed by atoms with Crippen molar-refractivity contribution in [3.8, 4) is 17.6 Å². The highest BCUT2D eigenvalue weighted by molar-refractivity contribution is 6.30. The Morgan fingerprint density at radius 2 is 2.20 bits per heavy atom. The van der Waals surface area contributed by atoms with Gasteiger partial charge in [0.1, 0.15) is 0 Å². The number of methoxy groups -OCH3 is 1. The van der Waals surface area contributed by atoms with Crippen molar-refractivity contribution in [1.29, 1.82) is 5.26 Å². The number of nitrogens with one attached hydrogen (secondary N) is 1. The molecule has 4 nitrogen and oxygen atoms in total. The molecule has 0 amide bonds. The van der Waals surface area contributed by atoms with Crippen LogP contribution in [0.15, 0.2) is 12.1 Å². The van der Waals surface area contributed by atoms with Crippen LogP contribution in [-0.2, 0) is 6.54 Å². The summed E-state index contributed by atoms with van der Waals surface area (Å²) in [6.07, 6.45) is 2.25. The van der Waals surface area contributed by atoms with Crippen molar-refractivity contribution in [2.45, 2.75) is 32.7 Å². The summed E-state index contributed by atoms with van der Waals surface area (Å²) in [6.45, 7) is 4.22. The van der Waals surface area contributed by atoms with E-state index in [1.165, 1.54) is 0 Å². The third kappa shape index (κ3) is 5.28. The lowest BCUT2D eigenvalue weighted by atomic mass is 10.1. The lowest BCUT2D eigenvalue weighted by molar-refractivity contribution is 0.287.